The van der Waals surface area contributed by atoms with Crippen molar-refractivity contribution in [1.29, 1.82) is 0 Å². The van der Waals surface area contributed by atoms with Crippen molar-refractivity contribution in [2.45, 2.75) is 19.3 Å². The van der Waals surface area contributed by atoms with Gasteiger partial charge in [0.2, 0.25) is 11.7 Å². The standard InChI is InChI=1S/C13H14N4O/c14-11-6-5-10(8-15-11)13-16-12(18-17-13)7-9-3-1-2-4-9/h1,3,5-6,8-9H,2,4,7H2,(H2,14,15). The Labute approximate surface area is 105 Å². The van der Waals surface area contributed by atoms with Crippen molar-refractivity contribution >= 4 is 5.82 Å². The molecule has 0 bridgehead atoms. The van der Waals surface area contributed by atoms with Crippen molar-refractivity contribution in [1.82, 2.24) is 15.1 Å². The van der Waals surface area contributed by atoms with Gasteiger partial charge in [0.25, 0.3) is 0 Å². The van der Waals surface area contributed by atoms with E-state index in [9.17, 15) is 0 Å². The maximum Gasteiger partial charge on any atom is 0.227 e. The summed E-state index contributed by atoms with van der Waals surface area (Å²) < 4.78 is 5.26. The van der Waals surface area contributed by atoms with Gasteiger partial charge in [0.1, 0.15) is 5.82 Å². The first-order valence-electron chi connectivity index (χ1n) is 6.02. The minimum absolute atomic E-state index is 0.485. The van der Waals surface area contributed by atoms with Crippen LogP contribution in [0.5, 0.6) is 0 Å². The lowest BCUT2D eigenvalue weighted by molar-refractivity contribution is 0.364. The SMILES string of the molecule is Nc1ccc(-c2noc(CC3C=CCC3)n2)cn1. The summed E-state index contributed by atoms with van der Waals surface area (Å²) in [4.78, 5) is 8.39. The summed E-state index contributed by atoms with van der Waals surface area (Å²) in [6.07, 6.45) is 9.19. The molecule has 0 saturated carbocycles. The second-order valence-electron chi connectivity index (χ2n) is 4.45. The molecule has 2 N–H and O–H groups in total. The molecule has 18 heavy (non-hydrogen) atoms. The molecule has 0 amide bonds. The van der Waals surface area contributed by atoms with Crippen LogP contribution in [0.3, 0.4) is 0 Å². The number of nitrogens with zero attached hydrogens (tertiary/aromatic N) is 3. The van der Waals surface area contributed by atoms with Gasteiger partial charge in [0.05, 0.1) is 0 Å². The first-order chi connectivity index (χ1) is 8.81. The Hall–Kier alpha value is -2.17. The van der Waals surface area contributed by atoms with Crippen molar-refractivity contribution in [3.8, 4) is 11.4 Å². The average molecular weight is 242 g/mol. The smallest absolute Gasteiger partial charge is 0.227 e. The Morgan fingerprint density at radius 1 is 1.39 bits per heavy atom. The molecule has 5 nitrogen and oxygen atoms in total. The highest BCUT2D eigenvalue weighted by molar-refractivity contribution is 5.54. The minimum atomic E-state index is 0.485. The lowest BCUT2D eigenvalue weighted by Gasteiger charge is -2.00. The van der Waals surface area contributed by atoms with E-state index in [0.717, 1.165) is 18.4 Å². The summed E-state index contributed by atoms with van der Waals surface area (Å²) in [5.74, 6) is 2.26. The Morgan fingerprint density at radius 2 is 2.33 bits per heavy atom. The second-order valence-corrected chi connectivity index (χ2v) is 4.45. The zero-order valence-electron chi connectivity index (χ0n) is 9.91. The fourth-order valence-corrected chi connectivity index (χ4v) is 2.08. The molecule has 2 aromatic heterocycles. The van der Waals surface area contributed by atoms with E-state index < -0.39 is 0 Å². The molecule has 0 fully saturated rings. The quantitative estimate of drug-likeness (QED) is 0.835. The highest BCUT2D eigenvalue weighted by Crippen LogP contribution is 2.22. The number of aromatic nitrogens is 3. The van der Waals surface area contributed by atoms with E-state index in [1.54, 1.807) is 12.3 Å². The number of pyridine rings is 1. The van der Waals surface area contributed by atoms with E-state index in [0.29, 0.717) is 23.5 Å². The van der Waals surface area contributed by atoms with Crippen LogP contribution in [0.2, 0.25) is 0 Å². The number of hydrogen-bond acceptors (Lipinski definition) is 5. The van der Waals surface area contributed by atoms with E-state index in [1.807, 2.05) is 6.07 Å². The highest BCUT2D eigenvalue weighted by atomic mass is 16.5. The van der Waals surface area contributed by atoms with Crippen LogP contribution in [0.4, 0.5) is 5.82 Å². The third-order valence-electron chi connectivity index (χ3n) is 3.06. The van der Waals surface area contributed by atoms with Gasteiger partial charge in [-0.1, -0.05) is 17.3 Å². The Morgan fingerprint density at radius 3 is 3.06 bits per heavy atom. The number of hydrogen-bond donors (Lipinski definition) is 1. The molecule has 0 radical (unpaired) electrons. The summed E-state index contributed by atoms with van der Waals surface area (Å²) in [5.41, 5.74) is 6.36. The molecule has 1 aliphatic carbocycles. The molecule has 1 unspecified atom stereocenters. The molecule has 0 aliphatic heterocycles. The van der Waals surface area contributed by atoms with E-state index >= 15 is 0 Å². The minimum Gasteiger partial charge on any atom is -0.384 e. The second kappa shape index (κ2) is 4.60. The van der Waals surface area contributed by atoms with Gasteiger partial charge in [-0.3, -0.25) is 0 Å². The monoisotopic (exact) mass is 242 g/mol. The molecule has 0 aromatic carbocycles. The molecule has 0 spiro atoms. The lowest BCUT2D eigenvalue weighted by atomic mass is 10.1. The van der Waals surface area contributed by atoms with Gasteiger partial charge >= 0.3 is 0 Å². The highest BCUT2D eigenvalue weighted by Gasteiger charge is 2.15. The summed E-state index contributed by atoms with van der Waals surface area (Å²) in [6, 6.07) is 3.57. The van der Waals surface area contributed by atoms with E-state index in [2.05, 4.69) is 27.3 Å². The van der Waals surface area contributed by atoms with Gasteiger partial charge in [-0.05, 0) is 30.9 Å². The first-order valence-corrected chi connectivity index (χ1v) is 6.02. The molecule has 1 aliphatic rings. The van der Waals surface area contributed by atoms with Crippen LogP contribution in [-0.2, 0) is 6.42 Å². The van der Waals surface area contributed by atoms with Crippen LogP contribution in [0.15, 0.2) is 35.0 Å². The number of rotatable bonds is 3. The zero-order chi connectivity index (χ0) is 12.4. The van der Waals surface area contributed by atoms with Crippen LogP contribution in [-0.4, -0.2) is 15.1 Å². The van der Waals surface area contributed by atoms with Gasteiger partial charge in [-0.25, -0.2) is 4.98 Å². The maximum atomic E-state index is 5.54. The van der Waals surface area contributed by atoms with Gasteiger partial charge in [0.15, 0.2) is 0 Å². The van der Waals surface area contributed by atoms with Gasteiger partial charge in [-0.2, -0.15) is 4.98 Å². The van der Waals surface area contributed by atoms with E-state index in [1.165, 1.54) is 6.42 Å². The van der Waals surface area contributed by atoms with Crippen LogP contribution in [0.1, 0.15) is 18.7 Å². The molecular formula is C13H14N4O. The molecule has 3 rings (SSSR count). The van der Waals surface area contributed by atoms with E-state index in [4.69, 9.17) is 10.3 Å². The number of nitrogen functional groups attached to an aromatic ring is 1. The van der Waals surface area contributed by atoms with Crippen LogP contribution >= 0.6 is 0 Å². The van der Waals surface area contributed by atoms with Crippen molar-refractivity contribution < 1.29 is 4.52 Å². The Balaban J connectivity index is 1.76. The van der Waals surface area contributed by atoms with Gasteiger partial charge < -0.3 is 10.3 Å². The molecule has 2 aromatic rings. The van der Waals surface area contributed by atoms with Crippen molar-refractivity contribution in [2.24, 2.45) is 5.92 Å². The molecule has 2 heterocycles. The fraction of sp³-hybridized carbons (Fsp3) is 0.308. The lowest BCUT2D eigenvalue weighted by Crippen LogP contribution is -1.97. The van der Waals surface area contributed by atoms with Crippen LogP contribution < -0.4 is 5.73 Å². The summed E-state index contributed by atoms with van der Waals surface area (Å²) >= 11 is 0. The molecule has 0 saturated heterocycles. The fourth-order valence-electron chi connectivity index (χ4n) is 2.08. The molecule has 5 heteroatoms. The van der Waals surface area contributed by atoms with Gasteiger partial charge in [0, 0.05) is 18.2 Å². The normalized spacial score (nSPS) is 18.3. The number of allylic oxidation sites excluding steroid dienone is 2. The topological polar surface area (TPSA) is 77.8 Å². The molecule has 92 valence electrons. The summed E-state index contributed by atoms with van der Waals surface area (Å²) in [7, 11) is 0. The summed E-state index contributed by atoms with van der Waals surface area (Å²) in [6.45, 7) is 0. The van der Waals surface area contributed by atoms with Crippen molar-refractivity contribution in [3.63, 3.8) is 0 Å². The van der Waals surface area contributed by atoms with Gasteiger partial charge in [-0.15, -0.1) is 0 Å². The van der Waals surface area contributed by atoms with Crippen LogP contribution in [0, 0.1) is 5.92 Å². The van der Waals surface area contributed by atoms with Crippen molar-refractivity contribution in [2.75, 3.05) is 5.73 Å². The Bertz CT molecular complexity index is 559. The van der Waals surface area contributed by atoms with Crippen LogP contribution in [0.25, 0.3) is 11.4 Å². The number of anilines is 1. The third kappa shape index (κ3) is 2.25. The average Bonchev–Trinajstić information content (AvgIpc) is 3.02. The Kier molecular flexibility index (Phi) is 2.80. The first kappa shape index (κ1) is 11.0. The predicted octanol–water partition coefficient (Wildman–Crippen LogP) is 2.22. The van der Waals surface area contributed by atoms with Crippen molar-refractivity contribution in [3.05, 3.63) is 36.4 Å². The zero-order valence-corrected chi connectivity index (χ0v) is 9.91. The predicted molar refractivity (Wildman–Crippen MR) is 67.5 cm³/mol. The molecule has 1 atom stereocenters. The number of nitrogens with two attached hydrogens (primary N) is 1. The third-order valence-corrected chi connectivity index (χ3v) is 3.06. The molecular weight excluding hydrogens is 228 g/mol. The largest absolute Gasteiger partial charge is 0.384 e. The van der Waals surface area contributed by atoms with E-state index in [-0.39, 0.29) is 0 Å². The summed E-state index contributed by atoms with van der Waals surface area (Å²) in [5, 5.41) is 3.97. The maximum absolute atomic E-state index is 5.54.